The van der Waals surface area contributed by atoms with Gasteiger partial charge in [0, 0.05) is 10.9 Å². The fourth-order valence-corrected chi connectivity index (χ4v) is 2.77. The maximum Gasteiger partial charge on any atom is 0.0701 e. The van der Waals surface area contributed by atoms with Gasteiger partial charge in [0.1, 0.15) is 0 Å². The summed E-state index contributed by atoms with van der Waals surface area (Å²) in [5.74, 6) is 0. The summed E-state index contributed by atoms with van der Waals surface area (Å²) in [6.07, 6.45) is 3.31. The molecular formula is C9H14BrNS. The van der Waals surface area contributed by atoms with E-state index in [-0.39, 0.29) is 0 Å². The van der Waals surface area contributed by atoms with Crippen molar-refractivity contribution in [1.29, 1.82) is 0 Å². The molecule has 1 aromatic heterocycles. The lowest BCUT2D eigenvalue weighted by atomic mass is 10.1. The van der Waals surface area contributed by atoms with Gasteiger partial charge in [-0.1, -0.05) is 13.3 Å². The first-order valence-electron chi connectivity index (χ1n) is 4.22. The maximum absolute atomic E-state index is 5.92. The second-order valence-electron chi connectivity index (χ2n) is 2.96. The van der Waals surface area contributed by atoms with Gasteiger partial charge in [-0.2, -0.15) is 0 Å². The van der Waals surface area contributed by atoms with Crippen LogP contribution in [-0.4, -0.2) is 6.04 Å². The van der Waals surface area contributed by atoms with E-state index in [9.17, 15) is 0 Å². The number of thiophene rings is 1. The van der Waals surface area contributed by atoms with Gasteiger partial charge in [-0.3, -0.25) is 0 Å². The van der Waals surface area contributed by atoms with Crippen molar-refractivity contribution in [3.8, 4) is 0 Å². The number of halogens is 1. The van der Waals surface area contributed by atoms with Crippen molar-refractivity contribution in [1.82, 2.24) is 0 Å². The van der Waals surface area contributed by atoms with Crippen LogP contribution in [0.1, 0.15) is 24.6 Å². The number of hydrogen-bond acceptors (Lipinski definition) is 2. The van der Waals surface area contributed by atoms with Crippen molar-refractivity contribution < 1.29 is 0 Å². The van der Waals surface area contributed by atoms with Crippen LogP contribution >= 0.6 is 27.3 Å². The molecule has 1 unspecified atom stereocenters. The SMILES string of the molecule is CCCC(N)Cc1ccc(Br)s1. The number of rotatable bonds is 4. The summed E-state index contributed by atoms with van der Waals surface area (Å²) >= 11 is 5.22. The first kappa shape index (κ1) is 10.2. The Bertz CT molecular complexity index is 234. The fraction of sp³-hybridized carbons (Fsp3) is 0.556. The van der Waals surface area contributed by atoms with Gasteiger partial charge in [0.25, 0.3) is 0 Å². The molecule has 0 aliphatic carbocycles. The highest BCUT2D eigenvalue weighted by Crippen LogP contribution is 2.23. The third kappa shape index (κ3) is 3.25. The molecular weight excluding hydrogens is 234 g/mol. The zero-order valence-corrected chi connectivity index (χ0v) is 9.62. The lowest BCUT2D eigenvalue weighted by Crippen LogP contribution is -2.21. The Morgan fingerprint density at radius 3 is 2.83 bits per heavy atom. The molecule has 0 aliphatic heterocycles. The zero-order chi connectivity index (χ0) is 8.97. The molecule has 1 heterocycles. The average Bonchev–Trinajstić information content (AvgIpc) is 2.36. The lowest BCUT2D eigenvalue weighted by molar-refractivity contribution is 0.604. The van der Waals surface area contributed by atoms with Crippen LogP contribution < -0.4 is 5.73 Å². The Morgan fingerprint density at radius 1 is 1.58 bits per heavy atom. The summed E-state index contributed by atoms with van der Waals surface area (Å²) in [6.45, 7) is 2.17. The Morgan fingerprint density at radius 2 is 2.33 bits per heavy atom. The molecule has 1 aromatic rings. The standard InChI is InChI=1S/C9H14BrNS/c1-2-3-7(11)6-8-4-5-9(10)12-8/h4-5,7H,2-3,6,11H2,1H3. The Labute approximate surface area is 86.1 Å². The topological polar surface area (TPSA) is 26.0 Å². The highest BCUT2D eigenvalue weighted by Gasteiger charge is 2.04. The molecule has 0 spiro atoms. The quantitative estimate of drug-likeness (QED) is 0.870. The Hall–Kier alpha value is 0.140. The van der Waals surface area contributed by atoms with Gasteiger partial charge < -0.3 is 5.73 Å². The Kier molecular flexibility index (Phi) is 4.26. The van der Waals surface area contributed by atoms with E-state index in [1.165, 1.54) is 15.1 Å². The maximum atomic E-state index is 5.92. The van der Waals surface area contributed by atoms with Gasteiger partial charge in [-0.15, -0.1) is 11.3 Å². The first-order chi connectivity index (χ1) is 5.72. The largest absolute Gasteiger partial charge is 0.327 e. The molecule has 3 heteroatoms. The minimum atomic E-state index is 0.334. The molecule has 0 fully saturated rings. The fourth-order valence-electron chi connectivity index (χ4n) is 1.19. The summed E-state index contributed by atoms with van der Waals surface area (Å²) in [4.78, 5) is 1.38. The van der Waals surface area contributed by atoms with Crippen molar-refractivity contribution in [3.63, 3.8) is 0 Å². The highest BCUT2D eigenvalue weighted by atomic mass is 79.9. The van der Waals surface area contributed by atoms with Crippen LogP contribution in [0, 0.1) is 0 Å². The van der Waals surface area contributed by atoms with Gasteiger partial charge in [-0.05, 0) is 40.9 Å². The van der Waals surface area contributed by atoms with Gasteiger partial charge in [0.05, 0.1) is 3.79 Å². The zero-order valence-electron chi connectivity index (χ0n) is 7.22. The third-order valence-corrected chi connectivity index (χ3v) is 3.40. The molecule has 0 saturated heterocycles. The van der Waals surface area contributed by atoms with Gasteiger partial charge in [0.2, 0.25) is 0 Å². The molecule has 0 radical (unpaired) electrons. The van der Waals surface area contributed by atoms with Gasteiger partial charge in [0.15, 0.2) is 0 Å². The molecule has 12 heavy (non-hydrogen) atoms. The lowest BCUT2D eigenvalue weighted by Gasteiger charge is -2.07. The Balaban J connectivity index is 2.41. The van der Waals surface area contributed by atoms with Crippen LogP contribution in [0.4, 0.5) is 0 Å². The molecule has 0 aromatic carbocycles. The molecule has 0 amide bonds. The monoisotopic (exact) mass is 247 g/mol. The predicted molar refractivity (Wildman–Crippen MR) is 58.6 cm³/mol. The van der Waals surface area contributed by atoms with Crippen LogP contribution in [0.15, 0.2) is 15.9 Å². The van der Waals surface area contributed by atoms with E-state index in [0.717, 1.165) is 12.8 Å². The molecule has 1 rings (SSSR count). The molecule has 1 atom stereocenters. The van der Waals surface area contributed by atoms with Crippen molar-refractivity contribution in [2.75, 3.05) is 0 Å². The second-order valence-corrected chi connectivity index (χ2v) is 5.51. The van der Waals surface area contributed by atoms with E-state index in [0.29, 0.717) is 6.04 Å². The molecule has 68 valence electrons. The summed E-state index contributed by atoms with van der Waals surface area (Å²) in [6, 6.07) is 4.56. The first-order valence-corrected chi connectivity index (χ1v) is 5.83. The van der Waals surface area contributed by atoms with Gasteiger partial charge in [-0.25, -0.2) is 0 Å². The number of hydrogen-bond donors (Lipinski definition) is 1. The second kappa shape index (κ2) is 5.00. The van der Waals surface area contributed by atoms with Crippen molar-refractivity contribution >= 4 is 27.3 Å². The van der Waals surface area contributed by atoms with Crippen molar-refractivity contribution in [3.05, 3.63) is 20.8 Å². The van der Waals surface area contributed by atoms with Crippen LogP contribution in [0.3, 0.4) is 0 Å². The van der Waals surface area contributed by atoms with Crippen LogP contribution in [0.2, 0.25) is 0 Å². The molecule has 0 aliphatic rings. The summed E-state index contributed by atoms with van der Waals surface area (Å²) in [7, 11) is 0. The van der Waals surface area contributed by atoms with Crippen molar-refractivity contribution in [2.45, 2.75) is 32.2 Å². The molecule has 0 bridgehead atoms. The van der Waals surface area contributed by atoms with E-state index < -0.39 is 0 Å². The van der Waals surface area contributed by atoms with E-state index in [1.54, 1.807) is 11.3 Å². The summed E-state index contributed by atoms with van der Waals surface area (Å²) in [5, 5.41) is 0. The van der Waals surface area contributed by atoms with E-state index >= 15 is 0 Å². The van der Waals surface area contributed by atoms with E-state index in [2.05, 4.69) is 35.0 Å². The summed E-state index contributed by atoms with van der Waals surface area (Å²) in [5.41, 5.74) is 5.92. The van der Waals surface area contributed by atoms with Crippen LogP contribution in [-0.2, 0) is 6.42 Å². The van der Waals surface area contributed by atoms with E-state index in [1.807, 2.05) is 0 Å². The highest BCUT2D eigenvalue weighted by molar-refractivity contribution is 9.11. The van der Waals surface area contributed by atoms with E-state index in [4.69, 9.17) is 5.73 Å². The van der Waals surface area contributed by atoms with Crippen LogP contribution in [0.25, 0.3) is 0 Å². The minimum absolute atomic E-state index is 0.334. The predicted octanol–water partition coefficient (Wildman–Crippen LogP) is 3.18. The third-order valence-electron chi connectivity index (χ3n) is 1.75. The normalized spacial score (nSPS) is 13.2. The molecule has 1 nitrogen and oxygen atoms in total. The van der Waals surface area contributed by atoms with Gasteiger partial charge >= 0.3 is 0 Å². The van der Waals surface area contributed by atoms with Crippen molar-refractivity contribution in [2.24, 2.45) is 5.73 Å². The molecule has 2 N–H and O–H groups in total. The van der Waals surface area contributed by atoms with Crippen LogP contribution in [0.5, 0.6) is 0 Å². The molecule has 0 saturated carbocycles. The summed E-state index contributed by atoms with van der Waals surface area (Å²) < 4.78 is 1.20. The average molecular weight is 248 g/mol. The smallest absolute Gasteiger partial charge is 0.0701 e. The number of nitrogens with two attached hydrogens (primary N) is 1. The minimum Gasteiger partial charge on any atom is -0.327 e.